The minimum Gasteiger partial charge on any atom is -0.506 e. The van der Waals surface area contributed by atoms with Gasteiger partial charge in [-0.05, 0) is 55.0 Å². The first-order valence-electron chi connectivity index (χ1n) is 5.78. The standard InChI is InChI=1S/C14H12ClFN2OS/c1-8-2-5-12(13(19)6-8)18-14(20)17-9-3-4-11(16)10(15)7-9/h2-7,19H,1H3,(H2,17,18,20). The fraction of sp³-hybridized carbons (Fsp3) is 0.0714. The van der Waals surface area contributed by atoms with Crippen LogP contribution in [0.25, 0.3) is 0 Å². The molecule has 0 bridgehead atoms. The zero-order valence-electron chi connectivity index (χ0n) is 10.6. The number of hydrogen-bond acceptors (Lipinski definition) is 2. The topological polar surface area (TPSA) is 44.3 Å². The van der Waals surface area contributed by atoms with Crippen molar-refractivity contribution in [2.45, 2.75) is 6.92 Å². The minimum atomic E-state index is -0.493. The van der Waals surface area contributed by atoms with E-state index in [9.17, 15) is 9.50 Å². The van der Waals surface area contributed by atoms with Gasteiger partial charge in [0, 0.05) is 5.69 Å². The predicted molar refractivity (Wildman–Crippen MR) is 84.1 cm³/mol. The van der Waals surface area contributed by atoms with Crippen molar-refractivity contribution in [2.24, 2.45) is 0 Å². The summed E-state index contributed by atoms with van der Waals surface area (Å²) in [5.41, 5.74) is 1.99. The zero-order chi connectivity index (χ0) is 14.7. The highest BCUT2D eigenvalue weighted by Gasteiger charge is 2.05. The number of phenols is 1. The van der Waals surface area contributed by atoms with Crippen LogP contribution in [0.2, 0.25) is 5.02 Å². The third-order valence-corrected chi connectivity index (χ3v) is 3.07. The van der Waals surface area contributed by atoms with Gasteiger partial charge in [0.1, 0.15) is 11.6 Å². The number of thiocarbonyl (C=S) groups is 1. The van der Waals surface area contributed by atoms with Crippen LogP contribution in [0.3, 0.4) is 0 Å². The second-order valence-corrected chi connectivity index (χ2v) is 5.04. The van der Waals surface area contributed by atoms with Crippen LogP contribution in [0.5, 0.6) is 5.75 Å². The lowest BCUT2D eigenvalue weighted by Crippen LogP contribution is -2.19. The maximum absolute atomic E-state index is 13.0. The Bertz CT molecular complexity index is 664. The van der Waals surface area contributed by atoms with Gasteiger partial charge in [0.05, 0.1) is 10.7 Å². The minimum absolute atomic E-state index is 0.0102. The van der Waals surface area contributed by atoms with Crippen LogP contribution in [0.1, 0.15) is 5.56 Å². The number of rotatable bonds is 2. The van der Waals surface area contributed by atoms with Gasteiger partial charge in [0.25, 0.3) is 0 Å². The van der Waals surface area contributed by atoms with Gasteiger partial charge in [-0.3, -0.25) is 0 Å². The van der Waals surface area contributed by atoms with Crippen molar-refractivity contribution < 1.29 is 9.50 Å². The van der Waals surface area contributed by atoms with Gasteiger partial charge in [0.2, 0.25) is 0 Å². The summed E-state index contributed by atoms with van der Waals surface area (Å²) in [6.07, 6.45) is 0. The molecule has 0 aliphatic rings. The summed E-state index contributed by atoms with van der Waals surface area (Å²) in [5, 5.41) is 15.8. The third-order valence-electron chi connectivity index (χ3n) is 2.58. The molecular formula is C14H12ClFN2OS. The van der Waals surface area contributed by atoms with Crippen LogP contribution in [0.4, 0.5) is 15.8 Å². The largest absolute Gasteiger partial charge is 0.506 e. The van der Waals surface area contributed by atoms with Crippen molar-refractivity contribution in [2.75, 3.05) is 10.6 Å². The number of nitrogens with one attached hydrogen (secondary N) is 2. The Morgan fingerprint density at radius 2 is 1.95 bits per heavy atom. The highest BCUT2D eigenvalue weighted by atomic mass is 35.5. The van der Waals surface area contributed by atoms with Crippen molar-refractivity contribution in [1.29, 1.82) is 0 Å². The molecule has 104 valence electrons. The van der Waals surface area contributed by atoms with Gasteiger partial charge in [-0.25, -0.2) is 4.39 Å². The molecule has 0 aromatic heterocycles. The number of aromatic hydroxyl groups is 1. The molecule has 3 N–H and O–H groups in total. The normalized spacial score (nSPS) is 10.2. The maximum atomic E-state index is 13.0. The first kappa shape index (κ1) is 14.6. The lowest BCUT2D eigenvalue weighted by Gasteiger charge is -2.12. The van der Waals surface area contributed by atoms with E-state index in [0.29, 0.717) is 11.4 Å². The summed E-state index contributed by atoms with van der Waals surface area (Å²) in [7, 11) is 0. The quantitative estimate of drug-likeness (QED) is 0.571. The zero-order valence-corrected chi connectivity index (χ0v) is 12.1. The van der Waals surface area contributed by atoms with Crippen molar-refractivity contribution in [3.8, 4) is 5.75 Å². The summed E-state index contributed by atoms with van der Waals surface area (Å²) in [6.45, 7) is 1.88. The molecule has 2 rings (SSSR count). The van der Waals surface area contributed by atoms with Gasteiger partial charge in [0.15, 0.2) is 5.11 Å². The van der Waals surface area contributed by atoms with Crippen molar-refractivity contribution in [3.05, 3.63) is 52.8 Å². The lowest BCUT2D eigenvalue weighted by atomic mass is 10.2. The van der Waals surface area contributed by atoms with Crippen LogP contribution < -0.4 is 10.6 Å². The number of benzene rings is 2. The molecule has 0 fully saturated rings. The summed E-state index contributed by atoms with van der Waals surface area (Å²) in [4.78, 5) is 0. The van der Waals surface area contributed by atoms with E-state index in [0.717, 1.165) is 5.56 Å². The highest BCUT2D eigenvalue weighted by Crippen LogP contribution is 2.24. The third kappa shape index (κ3) is 3.59. The van der Waals surface area contributed by atoms with Crippen LogP contribution in [-0.4, -0.2) is 10.2 Å². The fourth-order valence-corrected chi connectivity index (χ4v) is 2.01. The first-order chi connectivity index (χ1) is 9.45. The number of anilines is 2. The smallest absolute Gasteiger partial charge is 0.175 e. The molecule has 0 saturated heterocycles. The van der Waals surface area contributed by atoms with Crippen molar-refractivity contribution in [1.82, 2.24) is 0 Å². The Hall–Kier alpha value is -1.85. The van der Waals surface area contributed by atoms with E-state index in [1.54, 1.807) is 12.1 Å². The summed E-state index contributed by atoms with van der Waals surface area (Å²) < 4.78 is 13.0. The second kappa shape index (κ2) is 6.07. The molecule has 20 heavy (non-hydrogen) atoms. The van der Waals surface area contributed by atoms with E-state index in [1.807, 2.05) is 13.0 Å². The van der Waals surface area contributed by atoms with Gasteiger partial charge >= 0.3 is 0 Å². The van der Waals surface area contributed by atoms with Gasteiger partial charge in [-0.15, -0.1) is 0 Å². The summed E-state index contributed by atoms with van der Waals surface area (Å²) >= 11 is 10.8. The molecule has 2 aromatic rings. The maximum Gasteiger partial charge on any atom is 0.175 e. The fourth-order valence-electron chi connectivity index (χ4n) is 1.61. The van der Waals surface area contributed by atoms with E-state index >= 15 is 0 Å². The van der Waals surface area contributed by atoms with E-state index in [1.165, 1.54) is 18.2 Å². The van der Waals surface area contributed by atoms with Gasteiger partial charge in [-0.1, -0.05) is 17.7 Å². The Balaban J connectivity index is 2.07. The second-order valence-electron chi connectivity index (χ2n) is 4.23. The monoisotopic (exact) mass is 310 g/mol. The molecule has 0 spiro atoms. The van der Waals surface area contributed by atoms with Crippen LogP contribution in [-0.2, 0) is 0 Å². The Labute approximate surface area is 126 Å². The first-order valence-corrected chi connectivity index (χ1v) is 6.57. The van der Waals surface area contributed by atoms with E-state index in [4.69, 9.17) is 23.8 Å². The number of hydrogen-bond donors (Lipinski definition) is 3. The molecule has 3 nitrogen and oxygen atoms in total. The molecule has 2 aromatic carbocycles. The molecule has 0 atom stereocenters. The van der Waals surface area contributed by atoms with E-state index < -0.39 is 5.82 Å². The molecular weight excluding hydrogens is 299 g/mol. The molecule has 0 heterocycles. The van der Waals surface area contributed by atoms with E-state index in [2.05, 4.69) is 10.6 Å². The lowest BCUT2D eigenvalue weighted by molar-refractivity contribution is 0.477. The summed E-state index contributed by atoms with van der Waals surface area (Å²) in [6, 6.07) is 9.39. The Morgan fingerprint density at radius 3 is 2.60 bits per heavy atom. The van der Waals surface area contributed by atoms with Gasteiger partial charge < -0.3 is 15.7 Å². The van der Waals surface area contributed by atoms with E-state index in [-0.39, 0.29) is 15.9 Å². The average molecular weight is 311 g/mol. The van der Waals surface area contributed by atoms with Crippen molar-refractivity contribution in [3.63, 3.8) is 0 Å². The molecule has 6 heteroatoms. The van der Waals surface area contributed by atoms with Gasteiger partial charge in [-0.2, -0.15) is 0 Å². The average Bonchev–Trinajstić information content (AvgIpc) is 2.37. The Kier molecular flexibility index (Phi) is 4.42. The number of aryl methyl sites for hydroxylation is 1. The number of halogens is 2. The molecule has 0 aliphatic carbocycles. The molecule has 0 saturated carbocycles. The Morgan fingerprint density at radius 1 is 1.20 bits per heavy atom. The van der Waals surface area contributed by atoms with Crippen LogP contribution >= 0.6 is 23.8 Å². The molecule has 0 aliphatic heterocycles. The predicted octanol–water partition coefficient (Wildman–Crippen LogP) is 4.30. The van der Waals surface area contributed by atoms with Crippen LogP contribution in [0, 0.1) is 12.7 Å². The molecule has 0 unspecified atom stereocenters. The molecule has 0 radical (unpaired) electrons. The number of phenolic OH excluding ortho intramolecular Hbond substituents is 1. The SMILES string of the molecule is Cc1ccc(NC(=S)Nc2ccc(F)c(Cl)c2)c(O)c1. The van der Waals surface area contributed by atoms with Crippen molar-refractivity contribution >= 4 is 40.3 Å². The summed E-state index contributed by atoms with van der Waals surface area (Å²) in [5.74, 6) is -0.390. The van der Waals surface area contributed by atoms with Crippen LogP contribution in [0.15, 0.2) is 36.4 Å². The molecule has 0 amide bonds. The highest BCUT2D eigenvalue weighted by molar-refractivity contribution is 7.80.